The normalized spacial score (nSPS) is 10.7. The number of rotatable bonds is 6. The molecule has 0 spiro atoms. The number of ether oxygens (including phenoxy) is 1. The average Bonchev–Trinajstić information content (AvgIpc) is 3.10. The first-order chi connectivity index (χ1) is 12.5. The minimum atomic E-state index is -0.903. The minimum Gasteiger partial charge on any atom is -0.454 e. The van der Waals surface area contributed by atoms with Crippen molar-refractivity contribution in [3.63, 3.8) is 0 Å². The molecule has 0 aliphatic carbocycles. The molecule has 7 nitrogen and oxygen atoms in total. The molecule has 26 heavy (non-hydrogen) atoms. The number of para-hydroxylation sites is 2. The van der Waals surface area contributed by atoms with Gasteiger partial charge in [-0.3, -0.25) is 14.9 Å². The number of H-pyrrole nitrogens is 1. The maximum atomic E-state index is 12.4. The van der Waals surface area contributed by atoms with Crippen molar-refractivity contribution >= 4 is 28.3 Å². The van der Waals surface area contributed by atoms with E-state index in [9.17, 15) is 19.7 Å². The lowest BCUT2D eigenvalue weighted by Gasteiger charge is -2.05. The minimum absolute atomic E-state index is 0.183. The molecule has 7 heteroatoms. The Labute approximate surface area is 148 Å². The van der Waals surface area contributed by atoms with Crippen molar-refractivity contribution in [2.24, 2.45) is 0 Å². The lowest BCUT2D eigenvalue weighted by molar-refractivity contribution is -0.385. The molecule has 1 heterocycles. The second-order valence-corrected chi connectivity index (χ2v) is 5.67. The fourth-order valence-electron chi connectivity index (χ4n) is 2.83. The van der Waals surface area contributed by atoms with Gasteiger partial charge >= 0.3 is 5.97 Å². The third-order valence-corrected chi connectivity index (χ3v) is 4.14. The van der Waals surface area contributed by atoms with Gasteiger partial charge in [-0.2, -0.15) is 0 Å². The molecule has 0 saturated carbocycles. The summed E-state index contributed by atoms with van der Waals surface area (Å²) >= 11 is 0. The number of nitrogens with zero attached hydrogens (tertiary/aromatic N) is 1. The predicted molar refractivity (Wildman–Crippen MR) is 95.4 cm³/mol. The van der Waals surface area contributed by atoms with Gasteiger partial charge in [-0.1, -0.05) is 37.3 Å². The van der Waals surface area contributed by atoms with Crippen LogP contribution in [0.5, 0.6) is 0 Å². The van der Waals surface area contributed by atoms with Crippen molar-refractivity contribution in [2.45, 2.75) is 13.3 Å². The van der Waals surface area contributed by atoms with Crippen LogP contribution in [-0.2, 0) is 11.2 Å². The highest BCUT2D eigenvalue weighted by Gasteiger charge is 2.22. The van der Waals surface area contributed by atoms with Crippen LogP contribution >= 0.6 is 0 Å². The number of nitrogens with one attached hydrogen (secondary N) is 1. The molecular weight excluding hydrogens is 336 g/mol. The average molecular weight is 352 g/mol. The van der Waals surface area contributed by atoms with Gasteiger partial charge < -0.3 is 9.72 Å². The van der Waals surface area contributed by atoms with Gasteiger partial charge in [0.1, 0.15) is 5.56 Å². The monoisotopic (exact) mass is 352 g/mol. The maximum Gasteiger partial charge on any atom is 0.345 e. The highest BCUT2D eigenvalue weighted by molar-refractivity contribution is 6.09. The Bertz CT molecular complexity index is 1010. The van der Waals surface area contributed by atoms with Gasteiger partial charge in [-0.25, -0.2) is 4.79 Å². The van der Waals surface area contributed by atoms with E-state index >= 15 is 0 Å². The number of hydrogen-bond donors (Lipinski definition) is 1. The molecule has 0 unspecified atom stereocenters. The third-order valence-electron chi connectivity index (χ3n) is 4.14. The molecule has 1 aromatic heterocycles. The van der Waals surface area contributed by atoms with Crippen molar-refractivity contribution in [1.29, 1.82) is 0 Å². The second-order valence-electron chi connectivity index (χ2n) is 5.67. The first-order valence-corrected chi connectivity index (χ1v) is 8.05. The van der Waals surface area contributed by atoms with Crippen LogP contribution in [0.4, 0.5) is 5.69 Å². The van der Waals surface area contributed by atoms with Crippen LogP contribution in [0, 0.1) is 10.1 Å². The fourth-order valence-corrected chi connectivity index (χ4v) is 2.83. The Balaban J connectivity index is 1.78. The van der Waals surface area contributed by atoms with E-state index in [1.807, 2.05) is 25.1 Å². The number of hydrogen-bond acceptors (Lipinski definition) is 5. The Morgan fingerprint density at radius 1 is 1.12 bits per heavy atom. The number of fused-ring (bicyclic) bond motifs is 1. The Morgan fingerprint density at radius 2 is 1.88 bits per heavy atom. The third kappa shape index (κ3) is 3.19. The summed E-state index contributed by atoms with van der Waals surface area (Å²) in [5, 5.41) is 11.7. The fraction of sp³-hybridized carbons (Fsp3) is 0.158. The van der Waals surface area contributed by atoms with Crippen LogP contribution in [0.2, 0.25) is 0 Å². The number of esters is 1. The van der Waals surface area contributed by atoms with Crippen LogP contribution in [0.15, 0.2) is 48.7 Å². The Kier molecular flexibility index (Phi) is 4.79. The lowest BCUT2D eigenvalue weighted by Crippen LogP contribution is -2.15. The SMILES string of the molecule is CCc1cccc2c(C(=O)COC(=O)c3ccccc3[N+](=O)[O-])c[nH]c12. The molecule has 0 aliphatic rings. The summed E-state index contributed by atoms with van der Waals surface area (Å²) in [4.78, 5) is 38.0. The van der Waals surface area contributed by atoms with E-state index in [0.717, 1.165) is 22.9 Å². The van der Waals surface area contributed by atoms with E-state index in [4.69, 9.17) is 4.74 Å². The molecule has 2 aromatic carbocycles. The second kappa shape index (κ2) is 7.18. The summed E-state index contributed by atoms with van der Waals surface area (Å²) in [6.07, 6.45) is 2.41. The van der Waals surface area contributed by atoms with Gasteiger partial charge in [-0.15, -0.1) is 0 Å². The zero-order chi connectivity index (χ0) is 18.7. The lowest BCUT2D eigenvalue weighted by atomic mass is 10.1. The number of nitro benzene ring substituents is 1. The van der Waals surface area contributed by atoms with Gasteiger partial charge in [0.25, 0.3) is 5.69 Å². The van der Waals surface area contributed by atoms with Crippen LogP contribution in [0.3, 0.4) is 0 Å². The van der Waals surface area contributed by atoms with Gasteiger partial charge in [0, 0.05) is 28.7 Å². The molecule has 0 fully saturated rings. The van der Waals surface area contributed by atoms with E-state index in [1.165, 1.54) is 24.3 Å². The first-order valence-electron chi connectivity index (χ1n) is 8.05. The van der Waals surface area contributed by atoms with Crippen molar-refractivity contribution in [2.75, 3.05) is 6.61 Å². The highest BCUT2D eigenvalue weighted by Crippen LogP contribution is 2.23. The zero-order valence-corrected chi connectivity index (χ0v) is 14.0. The van der Waals surface area contributed by atoms with Crippen LogP contribution < -0.4 is 0 Å². The number of carbonyl (C=O) groups excluding carboxylic acids is 2. The predicted octanol–water partition coefficient (Wildman–Crippen LogP) is 3.68. The summed E-state index contributed by atoms with van der Waals surface area (Å²) in [5.41, 5.74) is 1.84. The Morgan fingerprint density at radius 3 is 2.62 bits per heavy atom. The number of nitro groups is 1. The quantitative estimate of drug-likeness (QED) is 0.315. The molecule has 0 amide bonds. The van der Waals surface area contributed by atoms with Crippen molar-refractivity contribution in [3.05, 3.63) is 75.5 Å². The molecule has 1 N–H and O–H groups in total. The number of carbonyl (C=O) groups is 2. The molecule has 3 rings (SSSR count). The van der Waals surface area contributed by atoms with Gasteiger partial charge in [0.05, 0.1) is 4.92 Å². The molecule has 0 aliphatic heterocycles. The number of Topliss-reactive ketones (excluding diaryl/α,β-unsaturated/α-hetero) is 1. The van der Waals surface area contributed by atoms with Crippen LogP contribution in [0.25, 0.3) is 10.9 Å². The van der Waals surface area contributed by atoms with Crippen molar-refractivity contribution in [3.8, 4) is 0 Å². The summed E-state index contributed by atoms with van der Waals surface area (Å²) in [6.45, 7) is 1.53. The van der Waals surface area contributed by atoms with E-state index < -0.39 is 17.5 Å². The summed E-state index contributed by atoms with van der Waals surface area (Å²) in [6, 6.07) is 11.1. The zero-order valence-electron chi connectivity index (χ0n) is 14.0. The smallest absolute Gasteiger partial charge is 0.345 e. The molecule has 0 bridgehead atoms. The van der Waals surface area contributed by atoms with Gasteiger partial charge in [0.2, 0.25) is 5.78 Å². The van der Waals surface area contributed by atoms with Crippen LogP contribution in [-0.4, -0.2) is 28.3 Å². The van der Waals surface area contributed by atoms with Crippen molar-refractivity contribution < 1.29 is 19.2 Å². The molecule has 0 radical (unpaired) electrons. The summed E-state index contributed by atoms with van der Waals surface area (Å²) in [5.74, 6) is -1.28. The molecule has 3 aromatic rings. The first kappa shape index (κ1) is 17.3. The number of aromatic nitrogens is 1. The Hall–Kier alpha value is -3.48. The van der Waals surface area contributed by atoms with E-state index in [0.29, 0.717) is 5.56 Å². The van der Waals surface area contributed by atoms with E-state index in [-0.39, 0.29) is 17.0 Å². The van der Waals surface area contributed by atoms with E-state index in [2.05, 4.69) is 4.98 Å². The number of aryl methyl sites for hydroxylation is 1. The van der Waals surface area contributed by atoms with Gasteiger partial charge in [0.15, 0.2) is 6.61 Å². The largest absolute Gasteiger partial charge is 0.454 e. The molecule has 132 valence electrons. The topological polar surface area (TPSA) is 102 Å². The van der Waals surface area contributed by atoms with Crippen LogP contribution in [0.1, 0.15) is 33.2 Å². The molecule has 0 saturated heterocycles. The van der Waals surface area contributed by atoms with Crippen molar-refractivity contribution in [1.82, 2.24) is 4.98 Å². The number of ketones is 1. The maximum absolute atomic E-state index is 12.4. The number of benzene rings is 2. The highest BCUT2D eigenvalue weighted by atomic mass is 16.6. The van der Waals surface area contributed by atoms with E-state index in [1.54, 1.807) is 6.20 Å². The number of aromatic amines is 1. The summed E-state index contributed by atoms with van der Waals surface area (Å²) < 4.78 is 5.00. The molecule has 0 atom stereocenters. The van der Waals surface area contributed by atoms with Gasteiger partial charge in [-0.05, 0) is 18.1 Å². The summed E-state index contributed by atoms with van der Waals surface area (Å²) in [7, 11) is 0. The molecular formula is C19H16N2O5. The standard InChI is InChI=1S/C19H16N2O5/c1-2-12-6-5-8-13-15(10-20-18(12)13)17(22)11-26-19(23)14-7-3-4-9-16(14)21(24)25/h3-10,20H,2,11H2,1H3.